The molecule has 0 heterocycles. The van der Waals surface area contributed by atoms with Crippen molar-refractivity contribution < 1.29 is 24.2 Å². The van der Waals surface area contributed by atoms with Crippen molar-refractivity contribution in [3.63, 3.8) is 0 Å². The van der Waals surface area contributed by atoms with Crippen molar-refractivity contribution in [3.05, 3.63) is 0 Å². The molecule has 0 amide bonds. The number of carbonyl (C=O) groups is 2. The molecule has 0 radical (unpaired) electrons. The Hall–Kier alpha value is -1.14. The molecule has 1 unspecified atom stereocenters. The molecular weight excluding hydrogens is 238 g/mol. The van der Waals surface area contributed by atoms with Gasteiger partial charge in [0.15, 0.2) is 0 Å². The number of rotatable bonds is 4. The van der Waals surface area contributed by atoms with Gasteiger partial charge >= 0.3 is 12.1 Å². The number of esters is 1. The molecule has 0 rings (SSSR count). The normalized spacial score (nSPS) is 12.6. The number of ether oxygens (including phenoxy) is 2. The van der Waals surface area contributed by atoms with E-state index in [2.05, 4.69) is 4.74 Å². The quantitative estimate of drug-likeness (QED) is 0.595. The molecule has 6 nitrogen and oxygen atoms in total. The molecule has 0 aromatic heterocycles. The van der Waals surface area contributed by atoms with Crippen LogP contribution in [0, 0.1) is 11.8 Å². The molecule has 0 saturated carbocycles. The number of carbonyl (C=O) groups excluding carboxylic acids is 2. The van der Waals surface area contributed by atoms with Gasteiger partial charge in [-0.3, -0.25) is 4.79 Å². The second-order valence-electron chi connectivity index (χ2n) is 5.25. The summed E-state index contributed by atoms with van der Waals surface area (Å²) in [5.74, 6) is -1.15. The van der Waals surface area contributed by atoms with Crippen LogP contribution in [0.3, 0.4) is 0 Å². The van der Waals surface area contributed by atoms with Gasteiger partial charge in [-0.25, -0.2) is 4.79 Å². The van der Waals surface area contributed by atoms with Crippen molar-refractivity contribution in [2.75, 3.05) is 6.61 Å². The van der Waals surface area contributed by atoms with Crippen LogP contribution < -0.4 is 6.15 Å². The molecule has 0 spiro atoms. The minimum atomic E-state index is -0.994. The van der Waals surface area contributed by atoms with Crippen molar-refractivity contribution in [3.8, 4) is 0 Å². The van der Waals surface area contributed by atoms with E-state index in [4.69, 9.17) is 9.84 Å². The lowest BCUT2D eigenvalue weighted by molar-refractivity contribution is -0.148. The Balaban J connectivity index is 0. The Kier molecular flexibility index (Phi) is 8.59. The molecule has 6 heteroatoms. The average Bonchev–Trinajstić information content (AvgIpc) is 2.09. The highest BCUT2D eigenvalue weighted by atomic mass is 16.7. The summed E-state index contributed by atoms with van der Waals surface area (Å²) in [7, 11) is 0. The number of hydrogen-bond acceptors (Lipinski definition) is 6. The Morgan fingerprint density at radius 2 is 1.72 bits per heavy atom. The Bertz CT molecular complexity index is 270. The minimum absolute atomic E-state index is 0. The number of aliphatic hydroxyl groups excluding tert-OH is 1. The van der Waals surface area contributed by atoms with E-state index in [1.165, 1.54) is 0 Å². The van der Waals surface area contributed by atoms with Gasteiger partial charge in [-0.15, -0.1) is 0 Å². The van der Waals surface area contributed by atoms with Crippen LogP contribution in [-0.4, -0.2) is 29.4 Å². The molecule has 0 aromatic carbocycles. The maximum atomic E-state index is 11.6. The van der Waals surface area contributed by atoms with E-state index < -0.39 is 23.6 Å². The van der Waals surface area contributed by atoms with Gasteiger partial charge in [0.2, 0.25) is 0 Å². The lowest BCUT2D eigenvalue weighted by Crippen LogP contribution is -2.30. The zero-order chi connectivity index (χ0) is 13.6. The molecule has 0 aliphatic heterocycles. The van der Waals surface area contributed by atoms with Gasteiger partial charge in [0, 0.05) is 6.61 Å². The standard InChI is InChI=1S/C12H22O5.H3N/c1-8(2)9(6-7-13)10(14)16-11(15)17-12(3,4)5;/h8-9,13H,6-7H2,1-5H3;1H3. The SMILES string of the molecule is CC(C)C(CCO)C(=O)OC(=O)OC(C)(C)C.N. The van der Waals surface area contributed by atoms with Crippen molar-refractivity contribution in [1.82, 2.24) is 6.15 Å². The van der Waals surface area contributed by atoms with Crippen LogP contribution in [-0.2, 0) is 14.3 Å². The second-order valence-corrected chi connectivity index (χ2v) is 5.25. The maximum absolute atomic E-state index is 11.6. The molecule has 108 valence electrons. The number of aliphatic hydroxyl groups is 1. The summed E-state index contributed by atoms with van der Waals surface area (Å²) in [6, 6.07) is 0. The van der Waals surface area contributed by atoms with E-state index in [1.54, 1.807) is 20.8 Å². The van der Waals surface area contributed by atoms with Crippen LogP contribution in [0.2, 0.25) is 0 Å². The van der Waals surface area contributed by atoms with Crippen LogP contribution in [0.4, 0.5) is 4.79 Å². The summed E-state index contributed by atoms with van der Waals surface area (Å²) in [4.78, 5) is 22.9. The smallest absolute Gasteiger partial charge is 0.428 e. The summed E-state index contributed by atoms with van der Waals surface area (Å²) >= 11 is 0. The van der Waals surface area contributed by atoms with E-state index in [9.17, 15) is 9.59 Å². The predicted molar refractivity (Wildman–Crippen MR) is 67.4 cm³/mol. The largest absolute Gasteiger partial charge is 0.516 e. The third-order valence-electron chi connectivity index (χ3n) is 2.12. The Labute approximate surface area is 108 Å². The first-order valence-electron chi connectivity index (χ1n) is 5.73. The molecule has 18 heavy (non-hydrogen) atoms. The fraction of sp³-hybridized carbons (Fsp3) is 0.833. The topological polar surface area (TPSA) is 108 Å². The zero-order valence-corrected chi connectivity index (χ0v) is 11.9. The van der Waals surface area contributed by atoms with E-state index >= 15 is 0 Å². The van der Waals surface area contributed by atoms with Gasteiger partial charge < -0.3 is 20.7 Å². The fourth-order valence-corrected chi connectivity index (χ4v) is 1.29. The Morgan fingerprint density at radius 1 is 1.22 bits per heavy atom. The second kappa shape index (κ2) is 8.05. The van der Waals surface area contributed by atoms with Gasteiger partial charge in [0.25, 0.3) is 0 Å². The molecule has 0 aromatic rings. The predicted octanol–water partition coefficient (Wildman–Crippen LogP) is 2.28. The summed E-state index contributed by atoms with van der Waals surface area (Å²) < 4.78 is 9.46. The lowest BCUT2D eigenvalue weighted by atomic mass is 9.93. The first-order valence-corrected chi connectivity index (χ1v) is 5.73. The van der Waals surface area contributed by atoms with E-state index in [0.717, 1.165) is 0 Å². The lowest BCUT2D eigenvalue weighted by Gasteiger charge is -2.21. The molecule has 0 aliphatic carbocycles. The third-order valence-corrected chi connectivity index (χ3v) is 2.12. The number of hydrogen-bond donors (Lipinski definition) is 2. The third kappa shape index (κ3) is 8.03. The van der Waals surface area contributed by atoms with E-state index in [-0.39, 0.29) is 25.1 Å². The van der Waals surface area contributed by atoms with Crippen LogP contribution in [0.1, 0.15) is 41.0 Å². The van der Waals surface area contributed by atoms with Gasteiger partial charge in [-0.05, 0) is 33.1 Å². The van der Waals surface area contributed by atoms with Crippen molar-refractivity contribution in [2.24, 2.45) is 11.8 Å². The van der Waals surface area contributed by atoms with Crippen LogP contribution in [0.5, 0.6) is 0 Å². The molecule has 0 bridgehead atoms. The minimum Gasteiger partial charge on any atom is -0.428 e. The summed E-state index contributed by atoms with van der Waals surface area (Å²) in [6.45, 7) is 8.60. The maximum Gasteiger partial charge on any atom is 0.516 e. The zero-order valence-electron chi connectivity index (χ0n) is 11.9. The Morgan fingerprint density at radius 3 is 2.06 bits per heavy atom. The van der Waals surface area contributed by atoms with Crippen LogP contribution >= 0.6 is 0 Å². The van der Waals surface area contributed by atoms with Crippen molar-refractivity contribution in [1.29, 1.82) is 0 Å². The first kappa shape index (κ1) is 19.2. The molecule has 0 saturated heterocycles. The highest BCUT2D eigenvalue weighted by Crippen LogP contribution is 2.18. The van der Waals surface area contributed by atoms with Crippen molar-refractivity contribution >= 4 is 12.1 Å². The average molecular weight is 263 g/mol. The van der Waals surface area contributed by atoms with Crippen LogP contribution in [0.25, 0.3) is 0 Å². The summed E-state index contributed by atoms with van der Waals surface area (Å²) in [5.41, 5.74) is -0.693. The van der Waals surface area contributed by atoms with Gasteiger partial charge in [0.1, 0.15) is 5.60 Å². The van der Waals surface area contributed by atoms with Crippen molar-refractivity contribution in [2.45, 2.75) is 46.6 Å². The van der Waals surface area contributed by atoms with Gasteiger partial charge in [-0.1, -0.05) is 13.8 Å². The highest BCUT2D eigenvalue weighted by Gasteiger charge is 2.27. The summed E-state index contributed by atoms with van der Waals surface area (Å²) in [5, 5.41) is 8.83. The fourth-order valence-electron chi connectivity index (χ4n) is 1.29. The van der Waals surface area contributed by atoms with E-state index in [1.807, 2.05) is 13.8 Å². The molecule has 4 N–H and O–H groups in total. The summed E-state index contributed by atoms with van der Waals surface area (Å²) in [6.07, 6.45) is -0.717. The molecule has 1 atom stereocenters. The molecule has 0 fully saturated rings. The van der Waals surface area contributed by atoms with Gasteiger partial charge in [-0.2, -0.15) is 0 Å². The highest BCUT2D eigenvalue weighted by molar-refractivity contribution is 5.83. The first-order chi connectivity index (χ1) is 7.67. The molecular formula is C12H25NO5. The van der Waals surface area contributed by atoms with Crippen LogP contribution in [0.15, 0.2) is 0 Å². The monoisotopic (exact) mass is 263 g/mol. The van der Waals surface area contributed by atoms with Gasteiger partial charge in [0.05, 0.1) is 5.92 Å². The van der Waals surface area contributed by atoms with E-state index in [0.29, 0.717) is 0 Å². The molecule has 0 aliphatic rings.